The van der Waals surface area contributed by atoms with E-state index in [1.165, 1.54) is 30.2 Å². The summed E-state index contributed by atoms with van der Waals surface area (Å²) in [5.41, 5.74) is 6.02. The first-order valence-corrected chi connectivity index (χ1v) is 11.3. The number of methoxy groups -OCH3 is 1. The SMILES string of the molecule is C#CCOc1cnc(C(=O)Nc2cnc(F)c([C@@]3(C)N=C(N)S[C@](C)(COC)C3C)c2)c(C)n1. The van der Waals surface area contributed by atoms with Crippen molar-refractivity contribution < 1.29 is 18.7 Å². The molecule has 2 aromatic rings. The number of terminal acetylenes is 1. The Hall–Kier alpha value is -3.23. The van der Waals surface area contributed by atoms with Gasteiger partial charge in [0.1, 0.15) is 5.69 Å². The number of nitrogens with zero attached hydrogens (tertiary/aromatic N) is 4. The van der Waals surface area contributed by atoms with E-state index < -0.39 is 22.1 Å². The highest BCUT2D eigenvalue weighted by molar-refractivity contribution is 8.15. The van der Waals surface area contributed by atoms with E-state index in [4.69, 9.17) is 21.6 Å². The fourth-order valence-electron chi connectivity index (χ4n) is 3.93. The summed E-state index contributed by atoms with van der Waals surface area (Å²) in [7, 11) is 1.61. The van der Waals surface area contributed by atoms with Gasteiger partial charge in [-0.3, -0.25) is 9.79 Å². The lowest BCUT2D eigenvalue weighted by Gasteiger charge is -2.47. The number of pyridine rings is 1. The van der Waals surface area contributed by atoms with Crippen molar-refractivity contribution in [1.29, 1.82) is 0 Å². The first-order valence-electron chi connectivity index (χ1n) is 10.4. The molecule has 0 saturated carbocycles. The number of nitrogens with two attached hydrogens (primary N) is 1. The number of aromatic nitrogens is 3. The molecule has 1 amide bonds. The summed E-state index contributed by atoms with van der Waals surface area (Å²) >= 11 is 1.40. The quantitative estimate of drug-likeness (QED) is 0.452. The average Bonchev–Trinajstić information content (AvgIpc) is 2.77. The standard InChI is InChI=1S/C23H27FN6O3S/c1-7-8-33-17-11-26-18(13(2)28-17)20(31)29-15-9-16(19(24)27-10-15)23(5)14(3)22(4,12-32-6)34-21(25)30-23/h1,9-11,14H,8,12H2,2-6H3,(H2,25,30)(H,29,31)/t14?,22-,23+/m1/s1. The third-order valence-electron chi connectivity index (χ3n) is 5.96. The van der Waals surface area contributed by atoms with Gasteiger partial charge in [0.25, 0.3) is 5.91 Å². The number of halogens is 1. The van der Waals surface area contributed by atoms with Gasteiger partial charge in [0.2, 0.25) is 11.8 Å². The van der Waals surface area contributed by atoms with Crippen molar-refractivity contribution in [3.05, 3.63) is 41.4 Å². The molecule has 9 nitrogen and oxygen atoms in total. The van der Waals surface area contributed by atoms with Gasteiger partial charge < -0.3 is 20.5 Å². The van der Waals surface area contributed by atoms with Crippen molar-refractivity contribution in [3.63, 3.8) is 0 Å². The van der Waals surface area contributed by atoms with Gasteiger partial charge in [-0.1, -0.05) is 24.6 Å². The van der Waals surface area contributed by atoms with Crippen LogP contribution in [0.1, 0.15) is 42.5 Å². The number of ether oxygens (including phenoxy) is 2. The maximum atomic E-state index is 15.0. The Morgan fingerprint density at radius 1 is 1.38 bits per heavy atom. The van der Waals surface area contributed by atoms with Crippen LogP contribution in [0, 0.1) is 31.1 Å². The van der Waals surface area contributed by atoms with Crippen LogP contribution in [0.15, 0.2) is 23.5 Å². The molecular formula is C23H27FN6O3S. The predicted molar refractivity (Wildman–Crippen MR) is 129 cm³/mol. The van der Waals surface area contributed by atoms with E-state index in [-0.39, 0.29) is 35.3 Å². The fraction of sp³-hybridized carbons (Fsp3) is 0.435. The van der Waals surface area contributed by atoms with Gasteiger partial charge in [-0.25, -0.2) is 15.0 Å². The number of carbonyl (C=O) groups excluding carboxylic acids is 1. The second-order valence-electron chi connectivity index (χ2n) is 8.32. The molecule has 0 bridgehead atoms. The molecule has 0 aromatic carbocycles. The molecule has 0 spiro atoms. The summed E-state index contributed by atoms with van der Waals surface area (Å²) in [6.07, 6.45) is 7.71. The summed E-state index contributed by atoms with van der Waals surface area (Å²) < 4.78 is 25.2. The lowest BCUT2D eigenvalue weighted by molar-refractivity contribution is 0.102. The van der Waals surface area contributed by atoms with Crippen LogP contribution >= 0.6 is 11.8 Å². The van der Waals surface area contributed by atoms with E-state index in [1.54, 1.807) is 21.0 Å². The Balaban J connectivity index is 1.92. The van der Waals surface area contributed by atoms with Gasteiger partial charge in [-0.15, -0.1) is 6.42 Å². The Morgan fingerprint density at radius 3 is 2.76 bits per heavy atom. The third-order valence-corrected chi connectivity index (χ3v) is 7.19. The van der Waals surface area contributed by atoms with Crippen LogP contribution in [0.2, 0.25) is 0 Å². The molecule has 2 aromatic heterocycles. The van der Waals surface area contributed by atoms with Crippen LogP contribution in [0.4, 0.5) is 10.1 Å². The monoisotopic (exact) mass is 486 g/mol. The van der Waals surface area contributed by atoms with Crippen molar-refractivity contribution in [1.82, 2.24) is 15.0 Å². The number of aliphatic imine (C=N–C) groups is 1. The number of hydrogen-bond donors (Lipinski definition) is 2. The number of anilines is 1. The zero-order valence-electron chi connectivity index (χ0n) is 19.7. The van der Waals surface area contributed by atoms with Crippen molar-refractivity contribution >= 4 is 28.5 Å². The zero-order valence-corrected chi connectivity index (χ0v) is 20.5. The van der Waals surface area contributed by atoms with Crippen LogP contribution < -0.4 is 15.8 Å². The van der Waals surface area contributed by atoms with Crippen LogP contribution in [0.25, 0.3) is 0 Å². The smallest absolute Gasteiger partial charge is 0.276 e. The van der Waals surface area contributed by atoms with Gasteiger partial charge in [0.05, 0.1) is 35.9 Å². The first-order chi connectivity index (χ1) is 16.0. The highest BCUT2D eigenvalue weighted by Gasteiger charge is 2.50. The number of thioether (sulfide) groups is 1. The molecule has 0 radical (unpaired) electrons. The van der Waals surface area contributed by atoms with E-state index in [0.717, 1.165) is 0 Å². The lowest BCUT2D eigenvalue weighted by atomic mass is 9.74. The van der Waals surface area contributed by atoms with Crippen LogP contribution in [0.5, 0.6) is 5.88 Å². The highest BCUT2D eigenvalue weighted by Crippen LogP contribution is 2.50. The Kier molecular flexibility index (Phi) is 7.43. The van der Waals surface area contributed by atoms with Crippen molar-refractivity contribution in [2.24, 2.45) is 16.6 Å². The number of rotatable bonds is 7. The van der Waals surface area contributed by atoms with E-state index >= 15 is 0 Å². The molecule has 3 N–H and O–H groups in total. The number of amides is 1. The molecule has 0 saturated heterocycles. The number of carbonyl (C=O) groups is 1. The maximum Gasteiger partial charge on any atom is 0.276 e. The minimum absolute atomic E-state index is 0.0375. The molecule has 0 aliphatic carbocycles. The summed E-state index contributed by atoms with van der Waals surface area (Å²) in [6.45, 7) is 7.82. The molecule has 11 heteroatoms. The van der Waals surface area contributed by atoms with Gasteiger partial charge >= 0.3 is 0 Å². The lowest BCUT2D eigenvalue weighted by Crippen LogP contribution is -2.50. The third kappa shape index (κ3) is 4.98. The molecule has 3 atom stereocenters. The number of aryl methyl sites for hydroxylation is 1. The molecule has 1 aliphatic rings. The Labute approximate surface area is 202 Å². The second-order valence-corrected chi connectivity index (χ2v) is 9.87. The van der Waals surface area contributed by atoms with Gasteiger partial charge in [-0.2, -0.15) is 4.39 Å². The molecule has 1 aliphatic heterocycles. The fourth-order valence-corrected chi connectivity index (χ4v) is 5.23. The summed E-state index contributed by atoms with van der Waals surface area (Å²) in [4.78, 5) is 29.6. The summed E-state index contributed by atoms with van der Waals surface area (Å²) in [6, 6.07) is 1.52. The van der Waals surface area contributed by atoms with Crippen molar-refractivity contribution in [2.45, 2.75) is 38.0 Å². The minimum Gasteiger partial charge on any atom is -0.463 e. The summed E-state index contributed by atoms with van der Waals surface area (Å²) in [5, 5.41) is 3.03. The maximum absolute atomic E-state index is 15.0. The highest BCUT2D eigenvalue weighted by atomic mass is 32.2. The zero-order chi connectivity index (χ0) is 25.1. The molecule has 180 valence electrons. The molecular weight excluding hydrogens is 459 g/mol. The predicted octanol–water partition coefficient (Wildman–Crippen LogP) is 2.90. The van der Waals surface area contributed by atoms with E-state index in [1.807, 2.05) is 13.8 Å². The summed E-state index contributed by atoms with van der Waals surface area (Å²) in [5.74, 6) is 1.14. The van der Waals surface area contributed by atoms with Crippen LogP contribution in [-0.4, -0.2) is 51.1 Å². The minimum atomic E-state index is -1.04. The van der Waals surface area contributed by atoms with E-state index in [0.29, 0.717) is 17.5 Å². The topological polar surface area (TPSA) is 125 Å². The van der Waals surface area contributed by atoms with Crippen LogP contribution in [-0.2, 0) is 10.3 Å². The van der Waals surface area contributed by atoms with Gasteiger partial charge in [-0.05, 0) is 26.8 Å². The average molecular weight is 487 g/mol. The molecule has 0 fully saturated rings. The second kappa shape index (κ2) is 9.95. The van der Waals surface area contributed by atoms with Crippen molar-refractivity contribution in [3.8, 4) is 18.2 Å². The molecule has 1 unspecified atom stereocenters. The van der Waals surface area contributed by atoms with E-state index in [2.05, 4.69) is 31.2 Å². The van der Waals surface area contributed by atoms with Gasteiger partial charge in [0, 0.05) is 23.3 Å². The molecule has 34 heavy (non-hydrogen) atoms. The number of nitrogens with one attached hydrogen (secondary N) is 1. The van der Waals surface area contributed by atoms with Crippen LogP contribution in [0.3, 0.4) is 0 Å². The molecule has 3 heterocycles. The van der Waals surface area contributed by atoms with E-state index in [9.17, 15) is 9.18 Å². The largest absolute Gasteiger partial charge is 0.463 e. The normalized spacial score (nSPS) is 24.1. The van der Waals surface area contributed by atoms with Gasteiger partial charge in [0.15, 0.2) is 11.8 Å². The Morgan fingerprint density at radius 2 is 2.12 bits per heavy atom. The Bertz CT molecular complexity index is 1170. The molecule has 3 rings (SSSR count). The number of hydrogen-bond acceptors (Lipinski definition) is 9. The first kappa shape index (κ1) is 25.4. The number of amidine groups is 1. The van der Waals surface area contributed by atoms with Crippen molar-refractivity contribution in [2.75, 3.05) is 25.6 Å².